The number of carbonyl (C=O) groups is 1. The molecule has 0 unspecified atom stereocenters. The first-order chi connectivity index (χ1) is 12.7. The zero-order valence-electron chi connectivity index (χ0n) is 13.9. The predicted molar refractivity (Wildman–Crippen MR) is 103 cm³/mol. The van der Waals surface area contributed by atoms with Gasteiger partial charge in [0, 0.05) is 5.56 Å². The molecular formula is C21H14ClNO3. The summed E-state index contributed by atoms with van der Waals surface area (Å²) in [4.78, 5) is 16.7. The fourth-order valence-corrected chi connectivity index (χ4v) is 3.11. The van der Waals surface area contributed by atoms with Crippen LogP contribution in [0.5, 0.6) is 5.75 Å². The Kier molecular flexibility index (Phi) is 4.19. The van der Waals surface area contributed by atoms with Crippen LogP contribution in [0.3, 0.4) is 0 Å². The Balaban J connectivity index is 1.85. The van der Waals surface area contributed by atoms with Crippen LogP contribution < -0.4 is 4.74 Å². The molecule has 0 bridgehead atoms. The molecule has 0 atom stereocenters. The molecule has 0 radical (unpaired) electrons. The Bertz CT molecular complexity index is 1090. The lowest BCUT2D eigenvalue weighted by Gasteiger charge is -2.08. The fraction of sp³-hybridized carbons (Fsp3) is 0.0476. The number of nitrogens with zero attached hydrogens (tertiary/aromatic N) is 1. The molecule has 0 amide bonds. The van der Waals surface area contributed by atoms with E-state index in [1.165, 1.54) is 0 Å². The van der Waals surface area contributed by atoms with Crippen molar-refractivity contribution in [3.05, 3.63) is 82.5 Å². The zero-order chi connectivity index (χ0) is 18.1. The van der Waals surface area contributed by atoms with Crippen LogP contribution in [0.4, 0.5) is 0 Å². The highest BCUT2D eigenvalue weighted by Crippen LogP contribution is 2.32. The van der Waals surface area contributed by atoms with Crippen LogP contribution in [0, 0.1) is 0 Å². The van der Waals surface area contributed by atoms with Crippen LogP contribution in [0.15, 0.2) is 71.4 Å². The number of rotatable bonds is 3. The Morgan fingerprint density at radius 1 is 1.04 bits per heavy atom. The molecule has 1 heterocycles. The summed E-state index contributed by atoms with van der Waals surface area (Å²) >= 11 is 6.17. The third-order valence-corrected chi connectivity index (χ3v) is 4.49. The highest BCUT2D eigenvalue weighted by molar-refractivity contribution is 6.34. The van der Waals surface area contributed by atoms with Gasteiger partial charge in [0.1, 0.15) is 5.75 Å². The van der Waals surface area contributed by atoms with Crippen LogP contribution in [0.2, 0.25) is 5.02 Å². The topological polar surface area (TPSA) is 47.9 Å². The lowest BCUT2D eigenvalue weighted by Crippen LogP contribution is -2.05. The molecule has 3 aromatic rings. The summed E-state index contributed by atoms with van der Waals surface area (Å²) in [5.41, 5.74) is 1.56. The van der Waals surface area contributed by atoms with E-state index >= 15 is 0 Å². The van der Waals surface area contributed by atoms with E-state index in [2.05, 4.69) is 4.99 Å². The highest BCUT2D eigenvalue weighted by atomic mass is 35.5. The number of methoxy groups -OCH3 is 1. The van der Waals surface area contributed by atoms with Gasteiger partial charge in [0.2, 0.25) is 5.90 Å². The normalized spacial score (nSPS) is 15.2. The van der Waals surface area contributed by atoms with Crippen LogP contribution in [-0.4, -0.2) is 19.0 Å². The van der Waals surface area contributed by atoms with E-state index in [4.69, 9.17) is 21.1 Å². The molecule has 128 valence electrons. The van der Waals surface area contributed by atoms with Gasteiger partial charge in [0.05, 0.1) is 17.7 Å². The molecule has 0 saturated heterocycles. The van der Waals surface area contributed by atoms with Gasteiger partial charge >= 0.3 is 5.97 Å². The lowest BCUT2D eigenvalue weighted by atomic mass is 10.0. The first kappa shape index (κ1) is 16.4. The monoisotopic (exact) mass is 363 g/mol. The molecule has 0 aliphatic carbocycles. The van der Waals surface area contributed by atoms with E-state index in [0.29, 0.717) is 16.3 Å². The summed E-state index contributed by atoms with van der Waals surface area (Å²) in [6, 6.07) is 18.8. The maximum atomic E-state index is 12.3. The van der Waals surface area contributed by atoms with Gasteiger partial charge in [-0.05, 0) is 35.0 Å². The number of aliphatic imine (C=N–C) groups is 1. The van der Waals surface area contributed by atoms with Gasteiger partial charge < -0.3 is 9.47 Å². The van der Waals surface area contributed by atoms with Crippen LogP contribution in [-0.2, 0) is 9.53 Å². The van der Waals surface area contributed by atoms with E-state index in [9.17, 15) is 4.79 Å². The van der Waals surface area contributed by atoms with Gasteiger partial charge in [-0.3, -0.25) is 0 Å². The number of benzene rings is 3. The van der Waals surface area contributed by atoms with Gasteiger partial charge in [0.25, 0.3) is 0 Å². The van der Waals surface area contributed by atoms with Crippen molar-refractivity contribution in [3.8, 4) is 5.75 Å². The number of hydrogen-bond acceptors (Lipinski definition) is 4. The van der Waals surface area contributed by atoms with Gasteiger partial charge in [-0.25, -0.2) is 9.79 Å². The van der Waals surface area contributed by atoms with Crippen molar-refractivity contribution < 1.29 is 14.3 Å². The summed E-state index contributed by atoms with van der Waals surface area (Å²) in [7, 11) is 1.59. The van der Waals surface area contributed by atoms with Crippen LogP contribution in [0.25, 0.3) is 16.8 Å². The Morgan fingerprint density at radius 2 is 1.81 bits per heavy atom. The smallest absolute Gasteiger partial charge is 0.363 e. The number of esters is 1. The molecule has 0 aromatic heterocycles. The second kappa shape index (κ2) is 6.65. The summed E-state index contributed by atoms with van der Waals surface area (Å²) in [5.74, 6) is 0.339. The molecule has 0 N–H and O–H groups in total. The van der Waals surface area contributed by atoms with Gasteiger partial charge in [-0.1, -0.05) is 54.1 Å². The first-order valence-electron chi connectivity index (χ1n) is 8.00. The van der Waals surface area contributed by atoms with E-state index in [0.717, 1.165) is 16.3 Å². The van der Waals surface area contributed by atoms with Crippen molar-refractivity contribution in [1.82, 2.24) is 0 Å². The molecule has 0 saturated carbocycles. The summed E-state index contributed by atoms with van der Waals surface area (Å²) < 4.78 is 10.8. The lowest BCUT2D eigenvalue weighted by molar-refractivity contribution is -0.129. The quantitative estimate of drug-likeness (QED) is 0.494. The van der Waals surface area contributed by atoms with E-state index in [1.54, 1.807) is 31.4 Å². The molecule has 1 aliphatic rings. The molecule has 5 heteroatoms. The van der Waals surface area contributed by atoms with E-state index in [1.807, 2.05) is 42.5 Å². The van der Waals surface area contributed by atoms with Crippen molar-refractivity contribution >= 4 is 40.3 Å². The second-order valence-electron chi connectivity index (χ2n) is 5.72. The minimum atomic E-state index is -0.519. The molecule has 3 aromatic carbocycles. The second-order valence-corrected chi connectivity index (χ2v) is 6.13. The predicted octanol–water partition coefficient (Wildman–Crippen LogP) is 4.85. The fourth-order valence-electron chi connectivity index (χ4n) is 2.90. The third kappa shape index (κ3) is 2.85. The number of cyclic esters (lactones) is 1. The number of fused-ring (bicyclic) bond motifs is 1. The Labute approximate surface area is 155 Å². The van der Waals surface area contributed by atoms with Crippen molar-refractivity contribution in [2.45, 2.75) is 0 Å². The molecule has 4 nitrogen and oxygen atoms in total. The minimum absolute atomic E-state index is 0.200. The van der Waals surface area contributed by atoms with Gasteiger partial charge in [-0.2, -0.15) is 0 Å². The summed E-state index contributed by atoms with van der Waals surface area (Å²) in [6.07, 6.45) is 1.69. The molecule has 4 rings (SSSR count). The van der Waals surface area contributed by atoms with E-state index in [-0.39, 0.29) is 11.6 Å². The van der Waals surface area contributed by atoms with Crippen molar-refractivity contribution in [2.75, 3.05) is 7.11 Å². The largest absolute Gasteiger partial charge is 0.496 e. The summed E-state index contributed by atoms with van der Waals surface area (Å²) in [5, 5.41) is 2.48. The molecule has 26 heavy (non-hydrogen) atoms. The van der Waals surface area contributed by atoms with Crippen LogP contribution >= 0.6 is 11.6 Å². The van der Waals surface area contributed by atoms with Crippen molar-refractivity contribution in [3.63, 3.8) is 0 Å². The number of halogens is 1. The average molecular weight is 364 g/mol. The minimum Gasteiger partial charge on any atom is -0.496 e. The van der Waals surface area contributed by atoms with E-state index < -0.39 is 5.97 Å². The Hall–Kier alpha value is -3.11. The Morgan fingerprint density at radius 3 is 2.62 bits per heavy atom. The highest BCUT2D eigenvalue weighted by Gasteiger charge is 2.26. The van der Waals surface area contributed by atoms with Crippen molar-refractivity contribution in [1.29, 1.82) is 0 Å². The van der Waals surface area contributed by atoms with Crippen molar-refractivity contribution in [2.24, 2.45) is 4.99 Å². The van der Waals surface area contributed by atoms with Gasteiger partial charge in [-0.15, -0.1) is 0 Å². The number of ether oxygens (including phenoxy) is 2. The zero-order valence-corrected chi connectivity index (χ0v) is 14.7. The van der Waals surface area contributed by atoms with Gasteiger partial charge in [0.15, 0.2) is 5.70 Å². The molecule has 0 fully saturated rings. The molecule has 1 aliphatic heterocycles. The molecule has 0 spiro atoms. The SMILES string of the molecule is COc1ccc2ccccc2c1C=C1N=C(c2ccccc2Cl)OC1=O. The number of carbonyl (C=O) groups excluding carboxylic acids is 1. The average Bonchev–Trinajstić information content (AvgIpc) is 3.02. The maximum absolute atomic E-state index is 12.3. The standard InChI is InChI=1S/C21H14ClNO3/c1-25-19-11-10-13-6-2-3-7-14(13)16(19)12-18-21(24)26-20(23-18)15-8-4-5-9-17(15)22/h2-12H,1H3. The molecular weight excluding hydrogens is 350 g/mol. The van der Waals surface area contributed by atoms with Crippen LogP contribution in [0.1, 0.15) is 11.1 Å². The third-order valence-electron chi connectivity index (χ3n) is 4.16. The maximum Gasteiger partial charge on any atom is 0.363 e. The first-order valence-corrected chi connectivity index (χ1v) is 8.38. The number of hydrogen-bond donors (Lipinski definition) is 0. The summed E-state index contributed by atoms with van der Waals surface area (Å²) in [6.45, 7) is 0.